The number of rotatable bonds is 2. The number of hydrogen-bond acceptors (Lipinski definition) is 4. The van der Waals surface area contributed by atoms with Gasteiger partial charge in [-0.25, -0.2) is 0 Å². The second-order valence-corrected chi connectivity index (χ2v) is 6.93. The van der Waals surface area contributed by atoms with Crippen LogP contribution in [0.5, 0.6) is 0 Å². The van der Waals surface area contributed by atoms with Crippen LogP contribution in [0.2, 0.25) is 0 Å². The van der Waals surface area contributed by atoms with E-state index in [0.717, 1.165) is 23.9 Å². The Balaban J connectivity index is 1.54. The first-order valence-corrected chi connectivity index (χ1v) is 8.41. The molecule has 4 heterocycles. The molecule has 118 valence electrons. The van der Waals surface area contributed by atoms with Crippen molar-refractivity contribution in [3.05, 3.63) is 36.4 Å². The zero-order valence-electron chi connectivity index (χ0n) is 13.2. The summed E-state index contributed by atoms with van der Waals surface area (Å²) in [5, 5.41) is 9.07. The summed E-state index contributed by atoms with van der Waals surface area (Å²) in [4.78, 5) is 4.76. The molecule has 0 radical (unpaired) electrons. The monoisotopic (exact) mass is 308 g/mol. The van der Waals surface area contributed by atoms with E-state index in [1.807, 2.05) is 0 Å². The molecule has 3 fully saturated rings. The Labute approximate surface area is 134 Å². The van der Waals surface area contributed by atoms with Crippen LogP contribution in [-0.4, -0.2) is 27.3 Å². The maximum atomic E-state index is 5.66. The van der Waals surface area contributed by atoms with E-state index in [0.29, 0.717) is 17.8 Å². The van der Waals surface area contributed by atoms with E-state index < -0.39 is 0 Å². The molecule has 3 aromatic rings. The van der Waals surface area contributed by atoms with Crippen LogP contribution in [0.15, 0.2) is 35.0 Å². The van der Waals surface area contributed by atoms with E-state index in [4.69, 9.17) is 9.51 Å². The number of aryl methyl sites for hydroxylation is 1. The number of hydrogen-bond donors (Lipinski definition) is 1. The van der Waals surface area contributed by atoms with Gasteiger partial charge in [0.05, 0.1) is 5.92 Å². The van der Waals surface area contributed by atoms with Crippen LogP contribution in [0.25, 0.3) is 22.3 Å². The lowest BCUT2D eigenvalue weighted by Gasteiger charge is -2.41. The van der Waals surface area contributed by atoms with Crippen LogP contribution in [-0.2, 0) is 7.05 Å². The minimum Gasteiger partial charge on any atom is -0.350 e. The first-order chi connectivity index (χ1) is 11.3. The summed E-state index contributed by atoms with van der Waals surface area (Å²) in [5.41, 5.74) is 2.24. The van der Waals surface area contributed by atoms with Gasteiger partial charge in [-0.2, -0.15) is 4.98 Å². The Morgan fingerprint density at radius 3 is 2.96 bits per heavy atom. The van der Waals surface area contributed by atoms with Crippen LogP contribution < -0.4 is 5.32 Å². The summed E-state index contributed by atoms with van der Waals surface area (Å²) in [6, 6.07) is 8.84. The lowest BCUT2D eigenvalue weighted by atomic mass is 9.74. The Kier molecular flexibility index (Phi) is 2.85. The van der Waals surface area contributed by atoms with Crippen LogP contribution in [0.3, 0.4) is 0 Å². The number of fused-ring (bicyclic) bond motifs is 4. The molecule has 1 aromatic carbocycles. The van der Waals surface area contributed by atoms with E-state index in [1.165, 1.54) is 30.2 Å². The molecule has 2 aromatic heterocycles. The van der Waals surface area contributed by atoms with Gasteiger partial charge in [0.15, 0.2) is 0 Å². The molecular formula is C18H20N4O. The SMILES string of the molecule is Cn1cc(-c2noc([C@@H]3C[C@@H]4CC[C@H]3NC4)n2)c2ccccc21. The van der Waals surface area contributed by atoms with E-state index in [9.17, 15) is 0 Å². The van der Waals surface area contributed by atoms with Gasteiger partial charge in [-0.05, 0) is 37.8 Å². The van der Waals surface area contributed by atoms with Crippen molar-refractivity contribution in [3.63, 3.8) is 0 Å². The van der Waals surface area contributed by atoms with E-state index >= 15 is 0 Å². The molecule has 2 aliphatic heterocycles. The molecule has 5 heteroatoms. The average Bonchev–Trinajstić information content (AvgIpc) is 3.21. The molecule has 0 amide bonds. The number of benzene rings is 1. The van der Waals surface area contributed by atoms with Crippen LogP contribution >= 0.6 is 0 Å². The summed E-state index contributed by atoms with van der Waals surface area (Å²) in [5.74, 6) is 2.64. The van der Waals surface area contributed by atoms with Gasteiger partial charge < -0.3 is 14.4 Å². The van der Waals surface area contributed by atoms with Gasteiger partial charge in [0.1, 0.15) is 0 Å². The topological polar surface area (TPSA) is 55.9 Å². The molecule has 3 atom stereocenters. The fourth-order valence-electron chi connectivity index (χ4n) is 4.29. The smallest absolute Gasteiger partial charge is 0.231 e. The van der Waals surface area contributed by atoms with Gasteiger partial charge in [0.2, 0.25) is 11.7 Å². The second-order valence-electron chi connectivity index (χ2n) is 6.93. The maximum Gasteiger partial charge on any atom is 0.231 e. The third-order valence-electron chi connectivity index (χ3n) is 5.52. The Morgan fingerprint density at radius 2 is 2.17 bits per heavy atom. The predicted molar refractivity (Wildman–Crippen MR) is 88.1 cm³/mol. The summed E-state index contributed by atoms with van der Waals surface area (Å²) in [6.07, 6.45) is 5.82. The highest BCUT2D eigenvalue weighted by Crippen LogP contribution is 2.40. The zero-order chi connectivity index (χ0) is 15.4. The summed E-state index contributed by atoms with van der Waals surface area (Å²) in [6.45, 7) is 1.14. The third-order valence-corrected chi connectivity index (χ3v) is 5.52. The summed E-state index contributed by atoms with van der Waals surface area (Å²) >= 11 is 0. The minimum absolute atomic E-state index is 0.374. The lowest BCUT2D eigenvalue weighted by Crippen LogP contribution is -2.49. The molecule has 23 heavy (non-hydrogen) atoms. The van der Waals surface area contributed by atoms with Crippen molar-refractivity contribution in [1.29, 1.82) is 0 Å². The van der Waals surface area contributed by atoms with Crippen molar-refractivity contribution in [3.8, 4) is 11.4 Å². The second kappa shape index (κ2) is 4.93. The molecule has 1 aliphatic carbocycles. The fourth-order valence-corrected chi connectivity index (χ4v) is 4.29. The van der Waals surface area contributed by atoms with E-state index in [1.54, 1.807) is 0 Å². The molecule has 3 aliphatic rings. The number of nitrogens with one attached hydrogen (secondary N) is 1. The van der Waals surface area contributed by atoms with Crippen molar-refractivity contribution in [2.24, 2.45) is 13.0 Å². The minimum atomic E-state index is 0.374. The molecule has 1 N–H and O–H groups in total. The molecule has 0 spiro atoms. The number of para-hydroxylation sites is 1. The van der Waals surface area contributed by atoms with Crippen LogP contribution in [0.4, 0.5) is 0 Å². The normalized spacial score (nSPS) is 26.9. The molecule has 2 bridgehead atoms. The summed E-state index contributed by atoms with van der Waals surface area (Å²) < 4.78 is 7.77. The van der Waals surface area contributed by atoms with Gasteiger partial charge in [0, 0.05) is 35.8 Å². The molecule has 6 rings (SSSR count). The lowest BCUT2D eigenvalue weighted by molar-refractivity contribution is 0.158. The predicted octanol–water partition coefficient (Wildman–Crippen LogP) is 3.08. The first-order valence-electron chi connectivity index (χ1n) is 8.41. The van der Waals surface area contributed by atoms with Crippen molar-refractivity contribution in [2.45, 2.75) is 31.2 Å². The van der Waals surface area contributed by atoms with Crippen LogP contribution in [0, 0.1) is 5.92 Å². The van der Waals surface area contributed by atoms with Crippen molar-refractivity contribution in [1.82, 2.24) is 20.0 Å². The highest BCUT2D eigenvalue weighted by Gasteiger charge is 2.39. The number of aromatic nitrogens is 3. The van der Waals surface area contributed by atoms with E-state index in [-0.39, 0.29) is 0 Å². The number of piperidine rings is 2. The Hall–Kier alpha value is -2.14. The van der Waals surface area contributed by atoms with Crippen molar-refractivity contribution >= 4 is 10.9 Å². The standard InChI is InChI=1S/C18H20N4O/c1-22-10-14(12-4-2-3-5-16(12)22)17-20-18(23-21-17)13-8-11-6-7-15(13)19-9-11/h2-5,10-11,13,15,19H,6-9H2,1H3/t11-,13+,15+/m0/s1. The fraction of sp³-hybridized carbons (Fsp3) is 0.444. The number of nitrogens with zero attached hydrogens (tertiary/aromatic N) is 3. The largest absolute Gasteiger partial charge is 0.350 e. The Bertz CT molecular complexity index is 857. The van der Waals surface area contributed by atoms with Gasteiger partial charge in [-0.1, -0.05) is 23.4 Å². The highest BCUT2D eigenvalue weighted by molar-refractivity contribution is 5.94. The van der Waals surface area contributed by atoms with Gasteiger partial charge in [-0.3, -0.25) is 0 Å². The molecule has 1 saturated carbocycles. The first kappa shape index (κ1) is 13.3. The van der Waals surface area contributed by atoms with Gasteiger partial charge >= 0.3 is 0 Å². The van der Waals surface area contributed by atoms with Gasteiger partial charge in [-0.15, -0.1) is 0 Å². The zero-order valence-corrected chi connectivity index (χ0v) is 13.2. The van der Waals surface area contributed by atoms with Crippen LogP contribution in [0.1, 0.15) is 31.1 Å². The third kappa shape index (κ3) is 2.03. The quantitative estimate of drug-likeness (QED) is 0.790. The maximum absolute atomic E-state index is 5.66. The molecular weight excluding hydrogens is 288 g/mol. The van der Waals surface area contributed by atoms with Gasteiger partial charge in [0.25, 0.3) is 0 Å². The van der Waals surface area contributed by atoms with E-state index in [2.05, 4.69) is 52.6 Å². The molecule has 2 saturated heterocycles. The van der Waals surface area contributed by atoms with Crippen molar-refractivity contribution < 1.29 is 4.52 Å². The summed E-state index contributed by atoms with van der Waals surface area (Å²) in [7, 11) is 2.05. The average molecular weight is 308 g/mol. The Morgan fingerprint density at radius 1 is 1.26 bits per heavy atom. The van der Waals surface area contributed by atoms with Crippen molar-refractivity contribution in [2.75, 3.05) is 6.54 Å². The molecule has 0 unspecified atom stereocenters. The molecule has 5 nitrogen and oxygen atoms in total. The highest BCUT2D eigenvalue weighted by atomic mass is 16.5.